The van der Waals surface area contributed by atoms with E-state index < -0.39 is 0 Å². The van der Waals surface area contributed by atoms with Crippen LogP contribution >= 0.6 is 0 Å². The molecule has 29 heavy (non-hydrogen) atoms. The third kappa shape index (κ3) is 3.85. The van der Waals surface area contributed by atoms with Crippen LogP contribution in [-0.4, -0.2) is 46.0 Å². The van der Waals surface area contributed by atoms with Crippen LogP contribution in [0.1, 0.15) is 42.2 Å². The Kier molecular flexibility index (Phi) is 5.29. The fourth-order valence-electron chi connectivity index (χ4n) is 3.92. The Morgan fingerprint density at radius 3 is 2.79 bits per heavy atom. The van der Waals surface area contributed by atoms with E-state index in [-0.39, 0.29) is 17.9 Å². The van der Waals surface area contributed by atoms with E-state index in [9.17, 15) is 9.59 Å². The fourth-order valence-corrected chi connectivity index (χ4v) is 3.92. The van der Waals surface area contributed by atoms with Gasteiger partial charge in [-0.3, -0.25) is 9.59 Å². The topological polar surface area (TPSA) is 88.3 Å². The van der Waals surface area contributed by atoms with Crippen LogP contribution in [0.2, 0.25) is 0 Å². The van der Waals surface area contributed by atoms with Crippen molar-refractivity contribution in [1.29, 1.82) is 0 Å². The first-order valence-electron chi connectivity index (χ1n) is 9.92. The number of piperidine rings is 1. The molecule has 1 atom stereocenters. The van der Waals surface area contributed by atoms with Gasteiger partial charge in [0, 0.05) is 31.6 Å². The van der Waals surface area contributed by atoms with E-state index in [1.807, 2.05) is 48.2 Å². The molecular formula is C22H24N4O3. The summed E-state index contributed by atoms with van der Waals surface area (Å²) in [6.07, 6.45) is 2.86. The lowest BCUT2D eigenvalue weighted by Crippen LogP contribution is -2.49. The molecule has 1 saturated heterocycles. The number of pyridine rings is 1. The van der Waals surface area contributed by atoms with Crippen molar-refractivity contribution in [3.05, 3.63) is 47.7 Å². The number of likely N-dealkylation sites (tertiary alicyclic amines) is 1. The van der Waals surface area contributed by atoms with Crippen molar-refractivity contribution in [2.45, 2.75) is 39.2 Å². The predicted molar refractivity (Wildman–Crippen MR) is 109 cm³/mol. The van der Waals surface area contributed by atoms with Gasteiger partial charge in [-0.15, -0.1) is 0 Å². The SMILES string of the molecule is CC(=O)NCC1CCCCN1C(=O)c1cc(-c2ccccc2)nc2onc(C)c12. The van der Waals surface area contributed by atoms with Crippen molar-refractivity contribution in [3.8, 4) is 11.3 Å². The molecule has 1 unspecified atom stereocenters. The van der Waals surface area contributed by atoms with Crippen LogP contribution in [0.4, 0.5) is 0 Å². The first kappa shape index (κ1) is 19.1. The van der Waals surface area contributed by atoms with Crippen molar-refractivity contribution < 1.29 is 14.1 Å². The highest BCUT2D eigenvalue weighted by molar-refractivity contribution is 6.07. The van der Waals surface area contributed by atoms with Gasteiger partial charge in [-0.1, -0.05) is 35.5 Å². The molecule has 1 fully saturated rings. The number of carbonyl (C=O) groups is 2. The molecule has 150 valence electrons. The van der Waals surface area contributed by atoms with Gasteiger partial charge in [0.2, 0.25) is 5.91 Å². The number of aryl methyl sites for hydroxylation is 1. The summed E-state index contributed by atoms with van der Waals surface area (Å²) in [7, 11) is 0. The molecule has 0 radical (unpaired) electrons. The van der Waals surface area contributed by atoms with Crippen molar-refractivity contribution >= 4 is 22.9 Å². The summed E-state index contributed by atoms with van der Waals surface area (Å²) in [5, 5.41) is 7.54. The molecule has 3 aromatic rings. The van der Waals surface area contributed by atoms with Crippen LogP contribution in [0.3, 0.4) is 0 Å². The van der Waals surface area contributed by atoms with E-state index in [2.05, 4.69) is 15.5 Å². The molecule has 3 heterocycles. The maximum Gasteiger partial charge on any atom is 0.259 e. The maximum absolute atomic E-state index is 13.6. The molecule has 1 aliphatic rings. The van der Waals surface area contributed by atoms with Crippen LogP contribution < -0.4 is 5.32 Å². The van der Waals surface area contributed by atoms with Crippen LogP contribution in [0.5, 0.6) is 0 Å². The van der Waals surface area contributed by atoms with Gasteiger partial charge >= 0.3 is 0 Å². The minimum atomic E-state index is -0.0875. The zero-order chi connectivity index (χ0) is 20.4. The molecule has 1 N–H and O–H groups in total. The lowest BCUT2D eigenvalue weighted by Gasteiger charge is -2.36. The molecule has 0 aliphatic carbocycles. The Morgan fingerprint density at radius 2 is 2.03 bits per heavy atom. The lowest BCUT2D eigenvalue weighted by molar-refractivity contribution is -0.119. The van der Waals surface area contributed by atoms with Crippen molar-refractivity contribution in [3.63, 3.8) is 0 Å². The van der Waals surface area contributed by atoms with Gasteiger partial charge < -0.3 is 14.7 Å². The molecule has 7 nitrogen and oxygen atoms in total. The quantitative estimate of drug-likeness (QED) is 0.736. The first-order valence-corrected chi connectivity index (χ1v) is 9.92. The van der Waals surface area contributed by atoms with Gasteiger partial charge in [-0.2, -0.15) is 0 Å². The molecule has 1 aromatic carbocycles. The van der Waals surface area contributed by atoms with E-state index in [0.717, 1.165) is 24.8 Å². The first-order chi connectivity index (χ1) is 14.0. The minimum Gasteiger partial charge on any atom is -0.354 e. The summed E-state index contributed by atoms with van der Waals surface area (Å²) >= 11 is 0. The predicted octanol–water partition coefficient (Wildman–Crippen LogP) is 3.33. The highest BCUT2D eigenvalue weighted by Gasteiger charge is 2.30. The number of carbonyl (C=O) groups excluding carboxylic acids is 2. The molecule has 0 saturated carbocycles. The van der Waals surface area contributed by atoms with Crippen molar-refractivity contribution in [1.82, 2.24) is 20.4 Å². The van der Waals surface area contributed by atoms with Gasteiger partial charge in [-0.05, 0) is 32.3 Å². The normalized spacial score (nSPS) is 16.8. The van der Waals surface area contributed by atoms with Gasteiger partial charge in [-0.25, -0.2) is 4.98 Å². The largest absolute Gasteiger partial charge is 0.354 e. The zero-order valence-corrected chi connectivity index (χ0v) is 16.6. The highest BCUT2D eigenvalue weighted by atomic mass is 16.5. The number of hydrogen-bond acceptors (Lipinski definition) is 5. The minimum absolute atomic E-state index is 0.0243. The summed E-state index contributed by atoms with van der Waals surface area (Å²) in [6.45, 7) is 4.44. The molecule has 2 aromatic heterocycles. The number of amides is 2. The number of fused-ring (bicyclic) bond motifs is 1. The number of aromatic nitrogens is 2. The Bertz CT molecular complexity index is 1040. The fraction of sp³-hybridized carbons (Fsp3) is 0.364. The molecule has 7 heteroatoms. The number of rotatable bonds is 4. The summed E-state index contributed by atoms with van der Waals surface area (Å²) in [5.74, 6) is -0.161. The second-order valence-electron chi connectivity index (χ2n) is 7.45. The number of hydrogen-bond donors (Lipinski definition) is 1. The van der Waals surface area contributed by atoms with Crippen LogP contribution in [-0.2, 0) is 4.79 Å². The summed E-state index contributed by atoms with van der Waals surface area (Å²) < 4.78 is 5.41. The second kappa shape index (κ2) is 8.03. The molecule has 2 amide bonds. The van der Waals surface area contributed by atoms with E-state index >= 15 is 0 Å². The summed E-state index contributed by atoms with van der Waals surface area (Å²) in [6, 6.07) is 11.5. The molecule has 1 aliphatic heterocycles. The van der Waals surface area contributed by atoms with Crippen molar-refractivity contribution in [2.75, 3.05) is 13.1 Å². The lowest BCUT2D eigenvalue weighted by atomic mass is 9.99. The smallest absolute Gasteiger partial charge is 0.259 e. The van der Waals surface area contributed by atoms with E-state index in [4.69, 9.17) is 4.52 Å². The van der Waals surface area contributed by atoms with E-state index in [1.54, 1.807) is 0 Å². The average molecular weight is 392 g/mol. The van der Waals surface area contributed by atoms with Gasteiger partial charge in [0.15, 0.2) is 0 Å². The third-order valence-electron chi connectivity index (χ3n) is 5.39. The Hall–Kier alpha value is -3.22. The Morgan fingerprint density at radius 1 is 1.24 bits per heavy atom. The third-order valence-corrected chi connectivity index (χ3v) is 5.39. The second-order valence-corrected chi connectivity index (χ2v) is 7.45. The van der Waals surface area contributed by atoms with E-state index in [1.165, 1.54) is 6.92 Å². The van der Waals surface area contributed by atoms with Gasteiger partial charge in [0.25, 0.3) is 11.6 Å². The Balaban J connectivity index is 1.76. The number of nitrogens with zero attached hydrogens (tertiary/aromatic N) is 3. The van der Waals surface area contributed by atoms with Crippen LogP contribution in [0.15, 0.2) is 40.9 Å². The monoisotopic (exact) mass is 392 g/mol. The zero-order valence-electron chi connectivity index (χ0n) is 16.6. The van der Waals surface area contributed by atoms with E-state index in [0.29, 0.717) is 41.1 Å². The van der Waals surface area contributed by atoms with Crippen LogP contribution in [0.25, 0.3) is 22.4 Å². The van der Waals surface area contributed by atoms with Crippen LogP contribution in [0, 0.1) is 6.92 Å². The molecular weight excluding hydrogens is 368 g/mol. The average Bonchev–Trinajstić information content (AvgIpc) is 3.13. The number of nitrogens with one attached hydrogen (secondary N) is 1. The summed E-state index contributed by atoms with van der Waals surface area (Å²) in [4.78, 5) is 31.4. The maximum atomic E-state index is 13.6. The molecule has 0 spiro atoms. The highest BCUT2D eigenvalue weighted by Crippen LogP contribution is 2.29. The van der Waals surface area contributed by atoms with Gasteiger partial charge in [0.05, 0.1) is 22.3 Å². The van der Waals surface area contributed by atoms with Crippen molar-refractivity contribution in [2.24, 2.45) is 0 Å². The Labute approximate surface area is 169 Å². The van der Waals surface area contributed by atoms with Gasteiger partial charge in [0.1, 0.15) is 0 Å². The molecule has 0 bridgehead atoms. The number of benzene rings is 1. The standard InChI is InChI=1S/C22H24N4O3/c1-14-20-18(22(28)26-11-7-6-10-17(26)13-23-15(2)27)12-19(24-21(20)29-25-14)16-8-4-3-5-9-16/h3-5,8-9,12,17H,6-7,10-11,13H2,1-2H3,(H,23,27). The summed E-state index contributed by atoms with van der Waals surface area (Å²) in [5.41, 5.74) is 3.13. The molecule has 4 rings (SSSR count).